The van der Waals surface area contributed by atoms with Gasteiger partial charge >= 0.3 is 0 Å². The number of carbonyl (C=O) groups excluding carboxylic acids is 2. The fourth-order valence-electron chi connectivity index (χ4n) is 2.24. The summed E-state index contributed by atoms with van der Waals surface area (Å²) in [6.07, 6.45) is 0.153. The summed E-state index contributed by atoms with van der Waals surface area (Å²) in [6, 6.07) is 14.1. The van der Waals surface area contributed by atoms with Gasteiger partial charge in [0.1, 0.15) is 5.75 Å². The Kier molecular flexibility index (Phi) is 6.65. The van der Waals surface area contributed by atoms with E-state index in [-0.39, 0.29) is 18.9 Å². The molecule has 0 aliphatic rings. The van der Waals surface area contributed by atoms with Gasteiger partial charge in [0.25, 0.3) is 0 Å². The van der Waals surface area contributed by atoms with E-state index in [0.29, 0.717) is 23.0 Å². The average Bonchev–Trinajstić information content (AvgIpc) is 2.60. The highest BCUT2D eigenvalue weighted by Gasteiger charge is 2.13. The van der Waals surface area contributed by atoms with Crippen molar-refractivity contribution in [1.29, 1.82) is 0 Å². The number of rotatable bonds is 8. The molecule has 0 fully saturated rings. The number of nitrogens with zero attached hydrogens (tertiary/aromatic N) is 1. The Morgan fingerprint density at radius 3 is 2.32 bits per heavy atom. The molecule has 0 spiro atoms. The molecule has 25 heavy (non-hydrogen) atoms. The third-order valence-electron chi connectivity index (χ3n) is 3.53. The second-order valence-electron chi connectivity index (χ2n) is 5.39. The van der Waals surface area contributed by atoms with Crippen molar-refractivity contribution in [1.82, 2.24) is 0 Å². The van der Waals surface area contributed by atoms with Crippen LogP contribution in [0.2, 0.25) is 5.02 Å². The van der Waals surface area contributed by atoms with Crippen LogP contribution in [0.5, 0.6) is 5.75 Å². The molecule has 2 rings (SSSR count). The number of nitrogens with two attached hydrogens (primary N) is 1. The second-order valence-corrected chi connectivity index (χ2v) is 5.83. The van der Waals surface area contributed by atoms with Gasteiger partial charge in [0.2, 0.25) is 11.8 Å². The zero-order valence-corrected chi connectivity index (χ0v) is 14.6. The zero-order valence-electron chi connectivity index (χ0n) is 13.9. The first-order chi connectivity index (χ1) is 12.0. The molecule has 0 aromatic heterocycles. The van der Waals surface area contributed by atoms with Gasteiger partial charge in [0.15, 0.2) is 0 Å². The van der Waals surface area contributed by atoms with Crippen molar-refractivity contribution in [3.8, 4) is 5.75 Å². The minimum Gasteiger partial charge on any atom is -0.497 e. The predicted octanol–water partition coefficient (Wildman–Crippen LogP) is 2.67. The smallest absolute Gasteiger partial charge is 0.243 e. The van der Waals surface area contributed by atoms with E-state index in [0.717, 1.165) is 5.69 Å². The fraction of sp³-hybridized carbons (Fsp3) is 0.222. The molecule has 0 radical (unpaired) electrons. The van der Waals surface area contributed by atoms with Crippen molar-refractivity contribution in [2.75, 3.05) is 30.4 Å². The number of nitrogens with one attached hydrogen (secondary N) is 1. The lowest BCUT2D eigenvalue weighted by atomic mass is 10.2. The van der Waals surface area contributed by atoms with Gasteiger partial charge < -0.3 is 20.7 Å². The van der Waals surface area contributed by atoms with Crippen molar-refractivity contribution in [2.24, 2.45) is 5.73 Å². The van der Waals surface area contributed by atoms with Crippen LogP contribution in [0.3, 0.4) is 0 Å². The lowest BCUT2D eigenvalue weighted by Gasteiger charge is -2.24. The minimum absolute atomic E-state index is 0.0856. The Bertz CT molecular complexity index is 717. The van der Waals surface area contributed by atoms with Crippen molar-refractivity contribution in [3.05, 3.63) is 53.6 Å². The first-order valence-corrected chi connectivity index (χ1v) is 8.08. The Balaban J connectivity index is 2.06. The Morgan fingerprint density at radius 1 is 1.12 bits per heavy atom. The van der Waals surface area contributed by atoms with Crippen LogP contribution in [0, 0.1) is 0 Å². The second kappa shape index (κ2) is 8.94. The lowest BCUT2D eigenvalue weighted by molar-refractivity contribution is -0.118. The van der Waals surface area contributed by atoms with Crippen LogP contribution in [0.1, 0.15) is 6.42 Å². The Hall–Kier alpha value is -2.73. The highest BCUT2D eigenvalue weighted by atomic mass is 35.5. The van der Waals surface area contributed by atoms with Crippen LogP contribution in [-0.2, 0) is 9.59 Å². The molecule has 0 bridgehead atoms. The summed E-state index contributed by atoms with van der Waals surface area (Å²) in [5.74, 6) is 0.0865. The van der Waals surface area contributed by atoms with Gasteiger partial charge in [0.05, 0.1) is 13.7 Å². The molecule has 0 aliphatic heterocycles. The normalized spacial score (nSPS) is 10.2. The van der Waals surface area contributed by atoms with Crippen LogP contribution in [-0.4, -0.2) is 32.0 Å². The molecular weight excluding hydrogens is 342 g/mol. The number of anilines is 2. The number of hydrogen-bond acceptors (Lipinski definition) is 4. The maximum absolute atomic E-state index is 12.3. The molecule has 7 heteroatoms. The van der Waals surface area contributed by atoms with Crippen LogP contribution < -0.4 is 20.7 Å². The van der Waals surface area contributed by atoms with E-state index in [1.54, 1.807) is 48.4 Å². The molecule has 0 saturated heterocycles. The number of hydrogen-bond donors (Lipinski definition) is 2. The van der Waals surface area contributed by atoms with Gasteiger partial charge in [-0.25, -0.2) is 0 Å². The first-order valence-electron chi connectivity index (χ1n) is 7.70. The summed E-state index contributed by atoms with van der Waals surface area (Å²) < 4.78 is 5.13. The molecule has 0 aliphatic carbocycles. The molecule has 2 aromatic rings. The number of ether oxygens (including phenoxy) is 1. The third kappa shape index (κ3) is 6.00. The average molecular weight is 362 g/mol. The maximum Gasteiger partial charge on any atom is 0.243 e. The molecule has 6 nitrogen and oxygen atoms in total. The van der Waals surface area contributed by atoms with E-state index in [2.05, 4.69) is 5.32 Å². The van der Waals surface area contributed by atoms with Gasteiger partial charge in [-0.1, -0.05) is 11.6 Å². The van der Waals surface area contributed by atoms with Crippen molar-refractivity contribution in [3.63, 3.8) is 0 Å². The Morgan fingerprint density at radius 2 is 1.76 bits per heavy atom. The molecule has 0 saturated carbocycles. The molecule has 0 heterocycles. The summed E-state index contributed by atoms with van der Waals surface area (Å²) in [7, 11) is 1.58. The number of amides is 2. The molecule has 2 amide bonds. The number of primary amides is 1. The van der Waals surface area contributed by atoms with E-state index in [1.165, 1.54) is 0 Å². The van der Waals surface area contributed by atoms with E-state index in [1.807, 2.05) is 12.1 Å². The highest BCUT2D eigenvalue weighted by Crippen LogP contribution is 2.20. The molecular formula is C18H20ClN3O3. The van der Waals surface area contributed by atoms with E-state index < -0.39 is 5.91 Å². The number of benzene rings is 2. The van der Waals surface area contributed by atoms with Crippen molar-refractivity contribution in [2.45, 2.75) is 6.42 Å². The monoisotopic (exact) mass is 361 g/mol. The van der Waals surface area contributed by atoms with Gasteiger partial charge in [-0.05, 0) is 48.5 Å². The van der Waals surface area contributed by atoms with Crippen LogP contribution >= 0.6 is 11.6 Å². The molecule has 132 valence electrons. The van der Waals surface area contributed by atoms with Crippen molar-refractivity contribution < 1.29 is 14.3 Å². The molecule has 0 unspecified atom stereocenters. The van der Waals surface area contributed by atoms with Gasteiger partial charge in [-0.2, -0.15) is 0 Å². The standard InChI is InChI=1S/C18H20ClN3O3/c1-25-16-8-6-15(7-9-16)22(11-10-17(20)23)12-18(24)21-14-4-2-13(19)3-5-14/h2-9H,10-12H2,1H3,(H2,20,23)(H,21,24). The largest absolute Gasteiger partial charge is 0.497 e. The summed E-state index contributed by atoms with van der Waals surface area (Å²) in [4.78, 5) is 25.2. The quantitative estimate of drug-likeness (QED) is 0.757. The highest BCUT2D eigenvalue weighted by molar-refractivity contribution is 6.30. The van der Waals surface area contributed by atoms with Crippen molar-refractivity contribution >= 4 is 34.8 Å². The first kappa shape index (κ1) is 18.6. The summed E-state index contributed by atoms with van der Waals surface area (Å²) in [6.45, 7) is 0.429. The molecule has 3 N–H and O–H groups in total. The summed E-state index contributed by atoms with van der Waals surface area (Å²) in [5, 5.41) is 3.40. The van der Waals surface area contributed by atoms with Gasteiger partial charge in [0, 0.05) is 29.4 Å². The fourth-order valence-corrected chi connectivity index (χ4v) is 2.37. The van der Waals surface area contributed by atoms with Crippen LogP contribution in [0.4, 0.5) is 11.4 Å². The zero-order chi connectivity index (χ0) is 18.2. The Labute approximate surface area is 151 Å². The SMILES string of the molecule is COc1ccc(N(CCC(N)=O)CC(=O)Nc2ccc(Cl)cc2)cc1. The summed E-state index contributed by atoms with van der Waals surface area (Å²) in [5.41, 5.74) is 6.69. The predicted molar refractivity (Wildman–Crippen MR) is 99.1 cm³/mol. The minimum atomic E-state index is -0.420. The molecule has 0 atom stereocenters. The molecule has 2 aromatic carbocycles. The van der Waals surface area contributed by atoms with Gasteiger partial charge in [-0.3, -0.25) is 9.59 Å². The summed E-state index contributed by atoms with van der Waals surface area (Å²) >= 11 is 5.83. The number of carbonyl (C=O) groups is 2. The van der Waals surface area contributed by atoms with E-state index >= 15 is 0 Å². The third-order valence-corrected chi connectivity index (χ3v) is 3.78. The number of halogens is 1. The topological polar surface area (TPSA) is 84.7 Å². The van der Waals surface area contributed by atoms with Crippen LogP contribution in [0.15, 0.2) is 48.5 Å². The van der Waals surface area contributed by atoms with E-state index in [4.69, 9.17) is 22.1 Å². The maximum atomic E-state index is 12.3. The van der Waals surface area contributed by atoms with Gasteiger partial charge in [-0.15, -0.1) is 0 Å². The van der Waals surface area contributed by atoms with E-state index in [9.17, 15) is 9.59 Å². The van der Waals surface area contributed by atoms with Crippen LogP contribution in [0.25, 0.3) is 0 Å². The lowest BCUT2D eigenvalue weighted by Crippen LogP contribution is -2.35. The number of methoxy groups -OCH3 is 1.